The number of benzene rings is 2. The molecule has 0 fully saturated rings. The molecule has 4 nitrogen and oxygen atoms in total. The largest absolute Gasteiger partial charge is 0.508 e. The van der Waals surface area contributed by atoms with Crippen LogP contribution in [0.15, 0.2) is 42.0 Å². The highest BCUT2D eigenvalue weighted by Gasteiger charge is 2.25. The minimum atomic E-state index is -0.0291. The van der Waals surface area contributed by atoms with Gasteiger partial charge < -0.3 is 14.6 Å². The van der Waals surface area contributed by atoms with Gasteiger partial charge in [-0.05, 0) is 41.5 Å². The SMILES string of the molecule is O=C1C(=Cc2ccc3c(c2)OCO3)Cc2ccc(O)cc21. The Morgan fingerprint density at radius 2 is 1.90 bits per heavy atom. The monoisotopic (exact) mass is 280 g/mol. The molecule has 2 aromatic rings. The molecular weight excluding hydrogens is 268 g/mol. The van der Waals surface area contributed by atoms with Crippen LogP contribution in [0.3, 0.4) is 0 Å². The highest BCUT2D eigenvalue weighted by atomic mass is 16.7. The topological polar surface area (TPSA) is 55.8 Å². The zero-order valence-corrected chi connectivity index (χ0v) is 11.1. The third-order valence-corrected chi connectivity index (χ3v) is 3.75. The van der Waals surface area contributed by atoms with E-state index in [4.69, 9.17) is 9.47 Å². The van der Waals surface area contributed by atoms with Crippen molar-refractivity contribution in [1.82, 2.24) is 0 Å². The van der Waals surface area contributed by atoms with Gasteiger partial charge in [-0.15, -0.1) is 0 Å². The molecule has 2 aromatic carbocycles. The smallest absolute Gasteiger partial charge is 0.231 e. The summed E-state index contributed by atoms with van der Waals surface area (Å²) >= 11 is 0. The molecule has 0 radical (unpaired) electrons. The number of aromatic hydroxyl groups is 1. The maximum Gasteiger partial charge on any atom is 0.231 e. The van der Waals surface area contributed by atoms with Crippen LogP contribution in [0.5, 0.6) is 17.2 Å². The highest BCUT2D eigenvalue weighted by molar-refractivity contribution is 6.15. The second kappa shape index (κ2) is 4.38. The quantitative estimate of drug-likeness (QED) is 0.816. The van der Waals surface area contributed by atoms with E-state index in [1.165, 1.54) is 6.07 Å². The summed E-state index contributed by atoms with van der Waals surface area (Å²) in [5.74, 6) is 1.51. The number of phenolic OH excluding ortho intramolecular Hbond substituents is 1. The molecule has 0 aromatic heterocycles. The number of Topliss-reactive ketones (excluding diaryl/α,β-unsaturated/α-hetero) is 1. The first-order valence-corrected chi connectivity index (χ1v) is 6.67. The van der Waals surface area contributed by atoms with E-state index in [9.17, 15) is 9.90 Å². The molecule has 1 aliphatic carbocycles. The van der Waals surface area contributed by atoms with Crippen molar-refractivity contribution in [2.24, 2.45) is 0 Å². The Morgan fingerprint density at radius 1 is 1.05 bits per heavy atom. The summed E-state index contributed by atoms with van der Waals surface area (Å²) in [6, 6.07) is 10.5. The number of carbonyl (C=O) groups is 1. The van der Waals surface area contributed by atoms with Crippen LogP contribution in [-0.4, -0.2) is 17.7 Å². The zero-order chi connectivity index (χ0) is 14.4. The van der Waals surface area contributed by atoms with Gasteiger partial charge in [0.1, 0.15) is 5.75 Å². The number of allylic oxidation sites excluding steroid dienone is 1. The summed E-state index contributed by atoms with van der Waals surface area (Å²) in [5.41, 5.74) is 3.15. The van der Waals surface area contributed by atoms with Crippen molar-refractivity contribution in [3.05, 3.63) is 58.7 Å². The Hall–Kier alpha value is -2.75. The van der Waals surface area contributed by atoms with Crippen molar-refractivity contribution in [3.8, 4) is 17.2 Å². The Kier molecular flexibility index (Phi) is 2.51. The van der Waals surface area contributed by atoms with Gasteiger partial charge >= 0.3 is 0 Å². The molecule has 2 aliphatic rings. The highest BCUT2D eigenvalue weighted by Crippen LogP contribution is 2.35. The molecule has 0 saturated carbocycles. The normalized spacial score (nSPS) is 17.3. The fraction of sp³-hybridized carbons (Fsp3) is 0.118. The molecule has 0 unspecified atom stereocenters. The standard InChI is InChI=1S/C17H12O4/c18-13-3-2-11-7-12(17(19)14(11)8-13)5-10-1-4-15-16(6-10)21-9-20-15/h1-6,8,18H,7,9H2. The number of hydrogen-bond donors (Lipinski definition) is 1. The van der Waals surface area contributed by atoms with Crippen molar-refractivity contribution in [2.75, 3.05) is 6.79 Å². The molecule has 4 heteroatoms. The fourth-order valence-electron chi connectivity index (χ4n) is 2.71. The molecular formula is C17H12O4. The minimum absolute atomic E-state index is 0.0291. The molecule has 0 saturated heterocycles. The van der Waals surface area contributed by atoms with Crippen LogP contribution in [-0.2, 0) is 6.42 Å². The third-order valence-electron chi connectivity index (χ3n) is 3.75. The van der Waals surface area contributed by atoms with Crippen LogP contribution in [0.25, 0.3) is 6.08 Å². The van der Waals surface area contributed by atoms with E-state index in [2.05, 4.69) is 0 Å². The Bertz CT molecular complexity index is 789. The van der Waals surface area contributed by atoms with Crippen LogP contribution < -0.4 is 9.47 Å². The Balaban J connectivity index is 1.70. The van der Waals surface area contributed by atoms with Crippen LogP contribution in [0, 0.1) is 0 Å². The summed E-state index contributed by atoms with van der Waals surface area (Å²) in [5, 5.41) is 9.49. The fourth-order valence-corrected chi connectivity index (χ4v) is 2.71. The van der Waals surface area contributed by atoms with E-state index >= 15 is 0 Å². The van der Waals surface area contributed by atoms with Crippen LogP contribution in [0.1, 0.15) is 21.5 Å². The van der Waals surface area contributed by atoms with E-state index < -0.39 is 0 Å². The molecule has 0 amide bonds. The molecule has 104 valence electrons. The maximum atomic E-state index is 12.4. The zero-order valence-electron chi connectivity index (χ0n) is 11.1. The van der Waals surface area contributed by atoms with E-state index in [1.807, 2.05) is 24.3 Å². The van der Waals surface area contributed by atoms with Gasteiger partial charge in [0, 0.05) is 17.6 Å². The van der Waals surface area contributed by atoms with Crippen molar-refractivity contribution < 1.29 is 19.4 Å². The Labute approximate surface area is 121 Å². The first-order chi connectivity index (χ1) is 10.2. The third kappa shape index (κ3) is 1.96. The van der Waals surface area contributed by atoms with Gasteiger partial charge in [0.05, 0.1) is 0 Å². The predicted molar refractivity (Wildman–Crippen MR) is 76.7 cm³/mol. The average molecular weight is 280 g/mol. The maximum absolute atomic E-state index is 12.4. The van der Waals surface area contributed by atoms with Crippen LogP contribution >= 0.6 is 0 Å². The van der Waals surface area contributed by atoms with Gasteiger partial charge in [-0.25, -0.2) is 0 Å². The van der Waals surface area contributed by atoms with E-state index in [0.29, 0.717) is 17.7 Å². The van der Waals surface area contributed by atoms with Crippen LogP contribution in [0.2, 0.25) is 0 Å². The lowest BCUT2D eigenvalue weighted by Crippen LogP contribution is -1.95. The van der Waals surface area contributed by atoms with Crippen molar-refractivity contribution in [3.63, 3.8) is 0 Å². The second-order valence-corrected chi connectivity index (χ2v) is 5.13. The van der Waals surface area contributed by atoms with Crippen molar-refractivity contribution in [1.29, 1.82) is 0 Å². The predicted octanol–water partition coefficient (Wildman–Crippen LogP) is 2.94. The van der Waals surface area contributed by atoms with Crippen molar-refractivity contribution >= 4 is 11.9 Å². The number of hydrogen-bond acceptors (Lipinski definition) is 4. The Morgan fingerprint density at radius 3 is 2.81 bits per heavy atom. The minimum Gasteiger partial charge on any atom is -0.508 e. The molecule has 21 heavy (non-hydrogen) atoms. The molecule has 0 bridgehead atoms. The van der Waals surface area contributed by atoms with Gasteiger partial charge in [-0.1, -0.05) is 12.1 Å². The van der Waals surface area contributed by atoms with Gasteiger partial charge in [0.2, 0.25) is 6.79 Å². The van der Waals surface area contributed by atoms with Crippen LogP contribution in [0.4, 0.5) is 0 Å². The van der Waals surface area contributed by atoms with E-state index in [1.54, 1.807) is 12.1 Å². The average Bonchev–Trinajstić information content (AvgIpc) is 3.05. The number of ketones is 1. The lowest BCUT2D eigenvalue weighted by atomic mass is 10.1. The summed E-state index contributed by atoms with van der Waals surface area (Å²) in [6.07, 6.45) is 2.45. The molecule has 1 N–H and O–H groups in total. The first-order valence-electron chi connectivity index (χ1n) is 6.67. The number of ether oxygens (including phenoxy) is 2. The summed E-state index contributed by atoms with van der Waals surface area (Å²) in [7, 11) is 0. The number of carbonyl (C=O) groups excluding carboxylic acids is 1. The lowest BCUT2D eigenvalue weighted by molar-refractivity contribution is 0.104. The molecule has 1 heterocycles. The molecule has 1 aliphatic heterocycles. The summed E-state index contributed by atoms with van der Waals surface area (Å²) in [6.45, 7) is 0.235. The lowest BCUT2D eigenvalue weighted by Gasteiger charge is -1.99. The van der Waals surface area contributed by atoms with E-state index in [-0.39, 0.29) is 18.3 Å². The summed E-state index contributed by atoms with van der Waals surface area (Å²) < 4.78 is 10.6. The van der Waals surface area contributed by atoms with Crippen molar-refractivity contribution in [2.45, 2.75) is 6.42 Å². The van der Waals surface area contributed by atoms with Gasteiger partial charge in [0.15, 0.2) is 17.3 Å². The van der Waals surface area contributed by atoms with E-state index in [0.717, 1.165) is 22.4 Å². The number of fused-ring (bicyclic) bond motifs is 2. The molecule has 0 spiro atoms. The molecule has 4 rings (SSSR count). The number of phenols is 1. The molecule has 0 atom stereocenters. The van der Waals surface area contributed by atoms with Gasteiger partial charge in [-0.2, -0.15) is 0 Å². The van der Waals surface area contributed by atoms with Gasteiger partial charge in [-0.3, -0.25) is 4.79 Å². The first kappa shape index (κ1) is 12.0. The summed E-state index contributed by atoms with van der Waals surface area (Å²) in [4.78, 5) is 12.4. The number of rotatable bonds is 1. The van der Waals surface area contributed by atoms with Gasteiger partial charge in [0.25, 0.3) is 0 Å². The second-order valence-electron chi connectivity index (χ2n) is 5.13.